The molecule has 0 aliphatic carbocycles. The molecule has 0 spiro atoms. The maximum Gasteiger partial charge on any atom is 0.190 e. The zero-order chi connectivity index (χ0) is 11.1. The van der Waals surface area contributed by atoms with Crippen molar-refractivity contribution in [3.05, 3.63) is 29.8 Å². The predicted octanol–water partition coefficient (Wildman–Crippen LogP) is 1.28. The van der Waals surface area contributed by atoms with Gasteiger partial charge in [-0.3, -0.25) is 4.79 Å². The normalized spacial score (nSPS) is 10.0. The van der Waals surface area contributed by atoms with Crippen molar-refractivity contribution < 1.29 is 9.53 Å². The monoisotopic (exact) mass is 225 g/mol. The van der Waals surface area contributed by atoms with Crippen molar-refractivity contribution in [2.45, 2.75) is 6.42 Å². The number of hydrogen-bond acceptors (Lipinski definition) is 3. The van der Waals surface area contributed by atoms with Crippen molar-refractivity contribution in [2.24, 2.45) is 0 Å². The average Bonchev–Trinajstić information content (AvgIpc) is 2.20. The molecule has 15 heavy (non-hydrogen) atoms. The van der Waals surface area contributed by atoms with Gasteiger partial charge in [0.2, 0.25) is 0 Å². The van der Waals surface area contributed by atoms with Crippen LogP contribution in [-0.2, 0) is 11.2 Å². The van der Waals surface area contributed by atoms with E-state index in [0.717, 1.165) is 17.9 Å². The van der Waals surface area contributed by atoms with Crippen LogP contribution >= 0.6 is 12.6 Å². The fraction of sp³-hybridized carbons (Fsp3) is 0.364. The number of benzene rings is 1. The summed E-state index contributed by atoms with van der Waals surface area (Å²) in [5.41, 5.74) is 0.955. The predicted molar refractivity (Wildman–Crippen MR) is 63.6 cm³/mol. The third-order valence-corrected chi connectivity index (χ3v) is 2.06. The van der Waals surface area contributed by atoms with Gasteiger partial charge in [0.05, 0.1) is 0 Å². The molecule has 0 aliphatic heterocycles. The quantitative estimate of drug-likeness (QED) is 0.566. The number of likely N-dealkylation sites (N-methyl/N-ethyl adjacent to an activating group) is 1. The summed E-state index contributed by atoms with van der Waals surface area (Å²) in [7, 11) is 1.88. The molecule has 1 N–H and O–H groups in total. The Kier molecular flexibility index (Phi) is 5.21. The van der Waals surface area contributed by atoms with E-state index in [0.29, 0.717) is 13.0 Å². The van der Waals surface area contributed by atoms with Gasteiger partial charge in [-0.05, 0) is 24.7 Å². The Bertz CT molecular complexity index is 311. The van der Waals surface area contributed by atoms with E-state index in [9.17, 15) is 4.79 Å². The molecular weight excluding hydrogens is 210 g/mol. The lowest BCUT2D eigenvalue weighted by Crippen LogP contribution is -2.15. The minimum Gasteiger partial charge on any atom is -0.492 e. The van der Waals surface area contributed by atoms with Gasteiger partial charge in [-0.25, -0.2) is 0 Å². The molecule has 0 radical (unpaired) electrons. The van der Waals surface area contributed by atoms with E-state index in [4.69, 9.17) is 4.74 Å². The van der Waals surface area contributed by atoms with Crippen molar-refractivity contribution in [1.82, 2.24) is 5.32 Å². The van der Waals surface area contributed by atoms with Gasteiger partial charge in [-0.1, -0.05) is 12.1 Å². The van der Waals surface area contributed by atoms with Crippen LogP contribution in [-0.4, -0.2) is 25.3 Å². The number of carbonyl (C=O) groups is 1. The summed E-state index contributed by atoms with van der Waals surface area (Å²) in [5, 5.41) is 2.87. The fourth-order valence-corrected chi connectivity index (χ4v) is 1.33. The minimum absolute atomic E-state index is 0.126. The number of hydrogen-bond donors (Lipinski definition) is 2. The zero-order valence-corrected chi connectivity index (χ0v) is 9.59. The van der Waals surface area contributed by atoms with Crippen LogP contribution in [0.15, 0.2) is 24.3 Å². The van der Waals surface area contributed by atoms with Crippen LogP contribution in [0.2, 0.25) is 0 Å². The maximum atomic E-state index is 10.7. The third-order valence-electron chi connectivity index (χ3n) is 1.90. The number of thiol groups is 1. The van der Waals surface area contributed by atoms with Gasteiger partial charge in [0.15, 0.2) is 5.12 Å². The van der Waals surface area contributed by atoms with E-state index in [-0.39, 0.29) is 5.12 Å². The fourth-order valence-electron chi connectivity index (χ4n) is 1.15. The van der Waals surface area contributed by atoms with Gasteiger partial charge >= 0.3 is 0 Å². The van der Waals surface area contributed by atoms with Crippen molar-refractivity contribution >= 4 is 17.7 Å². The van der Waals surface area contributed by atoms with E-state index in [2.05, 4.69) is 17.9 Å². The van der Waals surface area contributed by atoms with Gasteiger partial charge < -0.3 is 10.1 Å². The Hall–Kier alpha value is -1.00. The van der Waals surface area contributed by atoms with Crippen molar-refractivity contribution in [3.8, 4) is 5.75 Å². The van der Waals surface area contributed by atoms with Crippen LogP contribution in [0.3, 0.4) is 0 Å². The lowest BCUT2D eigenvalue weighted by atomic mass is 10.2. The van der Waals surface area contributed by atoms with Crippen LogP contribution < -0.4 is 10.1 Å². The summed E-state index contributed by atoms with van der Waals surface area (Å²) in [6, 6.07) is 7.48. The van der Waals surface area contributed by atoms with Crippen LogP contribution in [0.5, 0.6) is 5.75 Å². The second kappa shape index (κ2) is 6.48. The van der Waals surface area contributed by atoms with Gasteiger partial charge in [-0.15, -0.1) is 12.6 Å². The van der Waals surface area contributed by atoms with Crippen LogP contribution in [0.4, 0.5) is 0 Å². The summed E-state index contributed by atoms with van der Waals surface area (Å²) in [5.74, 6) is 0.820. The average molecular weight is 225 g/mol. The van der Waals surface area contributed by atoms with Crippen molar-refractivity contribution in [2.75, 3.05) is 20.2 Å². The van der Waals surface area contributed by atoms with E-state index in [1.165, 1.54) is 0 Å². The highest BCUT2D eigenvalue weighted by Crippen LogP contribution is 2.12. The van der Waals surface area contributed by atoms with Crippen molar-refractivity contribution in [1.29, 1.82) is 0 Å². The van der Waals surface area contributed by atoms with Crippen molar-refractivity contribution in [3.63, 3.8) is 0 Å². The lowest BCUT2D eigenvalue weighted by Gasteiger charge is -2.06. The van der Waals surface area contributed by atoms with Gasteiger partial charge in [0.25, 0.3) is 0 Å². The Morgan fingerprint density at radius 1 is 1.40 bits per heavy atom. The molecule has 0 atom stereocenters. The number of ether oxygens (including phenoxy) is 1. The first-order chi connectivity index (χ1) is 7.22. The maximum absolute atomic E-state index is 10.7. The second-order valence-electron chi connectivity index (χ2n) is 3.17. The molecule has 1 aromatic carbocycles. The molecule has 0 aromatic heterocycles. The molecule has 0 fully saturated rings. The summed E-state index contributed by atoms with van der Waals surface area (Å²) in [4.78, 5) is 10.7. The molecule has 0 saturated heterocycles. The number of nitrogens with one attached hydrogen (secondary N) is 1. The zero-order valence-electron chi connectivity index (χ0n) is 8.69. The summed E-state index contributed by atoms with van der Waals surface area (Å²) in [6.45, 7) is 1.46. The lowest BCUT2D eigenvalue weighted by molar-refractivity contribution is -0.110. The minimum atomic E-state index is -0.126. The molecule has 0 saturated carbocycles. The van der Waals surface area contributed by atoms with Crippen LogP contribution in [0.25, 0.3) is 0 Å². The summed E-state index contributed by atoms with van der Waals surface area (Å²) < 4.78 is 5.44. The molecule has 0 bridgehead atoms. The highest BCUT2D eigenvalue weighted by atomic mass is 32.1. The molecule has 3 nitrogen and oxygen atoms in total. The molecular formula is C11H15NO2S. The van der Waals surface area contributed by atoms with E-state index in [1.54, 1.807) is 0 Å². The summed E-state index contributed by atoms with van der Waals surface area (Å²) in [6.07, 6.45) is 0.361. The molecule has 0 heterocycles. The van der Waals surface area contributed by atoms with Gasteiger partial charge in [0.1, 0.15) is 12.4 Å². The Morgan fingerprint density at radius 3 is 2.60 bits per heavy atom. The summed E-state index contributed by atoms with van der Waals surface area (Å²) >= 11 is 3.73. The molecule has 0 unspecified atom stereocenters. The Morgan fingerprint density at radius 2 is 2.07 bits per heavy atom. The Labute approximate surface area is 95.2 Å². The number of carbonyl (C=O) groups excluding carboxylic acids is 1. The molecule has 4 heteroatoms. The first-order valence-corrected chi connectivity index (χ1v) is 5.25. The molecule has 82 valence electrons. The highest BCUT2D eigenvalue weighted by molar-refractivity contribution is 7.96. The van der Waals surface area contributed by atoms with Crippen LogP contribution in [0, 0.1) is 0 Å². The van der Waals surface area contributed by atoms with E-state index in [1.807, 2.05) is 31.3 Å². The van der Waals surface area contributed by atoms with Gasteiger partial charge in [-0.2, -0.15) is 0 Å². The smallest absolute Gasteiger partial charge is 0.190 e. The first-order valence-electron chi connectivity index (χ1n) is 4.80. The molecule has 0 aliphatic rings. The Balaban J connectivity index is 2.45. The standard InChI is InChI=1S/C11H15NO2S/c1-12-6-7-14-10-4-2-9(3-5-10)8-11(13)15/h2-5,12H,6-8H2,1H3,(H,13,15). The largest absolute Gasteiger partial charge is 0.492 e. The second-order valence-corrected chi connectivity index (χ2v) is 3.67. The molecule has 1 rings (SSSR count). The number of rotatable bonds is 6. The van der Waals surface area contributed by atoms with E-state index >= 15 is 0 Å². The van der Waals surface area contributed by atoms with E-state index < -0.39 is 0 Å². The highest BCUT2D eigenvalue weighted by Gasteiger charge is 1.98. The SMILES string of the molecule is CNCCOc1ccc(CC(=O)S)cc1. The topological polar surface area (TPSA) is 38.3 Å². The van der Waals surface area contributed by atoms with Gasteiger partial charge in [0, 0.05) is 13.0 Å². The van der Waals surface area contributed by atoms with Crippen LogP contribution in [0.1, 0.15) is 5.56 Å². The molecule has 1 aromatic rings. The first kappa shape index (κ1) is 12.1. The third kappa shape index (κ3) is 4.85. The molecule has 0 amide bonds.